The van der Waals surface area contributed by atoms with Crippen molar-refractivity contribution in [2.45, 2.75) is 6.92 Å². The fraction of sp³-hybridized carbons (Fsp3) is 0.200. The Kier molecular flexibility index (Phi) is 6.58. The average molecular weight is 401 g/mol. The number of hydrogen-bond acceptors (Lipinski definition) is 4. The zero-order valence-electron chi connectivity index (χ0n) is 16.0. The maximum Gasteiger partial charge on any atom is 0.255 e. The number of sulfonamides is 1. The normalized spacial score (nSPS) is 10.8. The van der Waals surface area contributed by atoms with Crippen molar-refractivity contribution in [1.29, 1.82) is 0 Å². The molecule has 148 valence electrons. The topological polar surface area (TPSA) is 95.6 Å². The number of anilines is 2. The van der Waals surface area contributed by atoms with Gasteiger partial charge >= 0.3 is 0 Å². The van der Waals surface area contributed by atoms with Crippen LogP contribution in [0.15, 0.2) is 55.1 Å². The maximum atomic E-state index is 12.7. The summed E-state index contributed by atoms with van der Waals surface area (Å²) in [6.45, 7) is 5.62. The lowest BCUT2D eigenvalue weighted by molar-refractivity contribution is 0.0959. The molecule has 7 nitrogen and oxygen atoms in total. The van der Waals surface area contributed by atoms with E-state index in [1.807, 2.05) is 0 Å². The van der Waals surface area contributed by atoms with Crippen LogP contribution in [0.2, 0.25) is 0 Å². The molecule has 0 heterocycles. The van der Waals surface area contributed by atoms with Gasteiger partial charge in [0, 0.05) is 19.2 Å². The van der Waals surface area contributed by atoms with Crippen molar-refractivity contribution in [3.05, 3.63) is 71.8 Å². The predicted octanol–water partition coefficient (Wildman–Crippen LogP) is 2.56. The Morgan fingerprint density at radius 3 is 2.46 bits per heavy atom. The highest BCUT2D eigenvalue weighted by atomic mass is 32.2. The van der Waals surface area contributed by atoms with E-state index in [9.17, 15) is 18.0 Å². The van der Waals surface area contributed by atoms with Crippen molar-refractivity contribution in [1.82, 2.24) is 5.32 Å². The van der Waals surface area contributed by atoms with Crippen LogP contribution in [0.25, 0.3) is 0 Å². The lowest BCUT2D eigenvalue weighted by atomic mass is 10.1. The fourth-order valence-electron chi connectivity index (χ4n) is 2.51. The van der Waals surface area contributed by atoms with Gasteiger partial charge in [-0.15, -0.1) is 6.58 Å². The first-order valence-electron chi connectivity index (χ1n) is 8.49. The first kappa shape index (κ1) is 21.2. The van der Waals surface area contributed by atoms with Crippen LogP contribution in [0.3, 0.4) is 0 Å². The first-order valence-corrected chi connectivity index (χ1v) is 10.3. The van der Waals surface area contributed by atoms with E-state index < -0.39 is 15.9 Å². The predicted molar refractivity (Wildman–Crippen MR) is 111 cm³/mol. The Hall–Kier alpha value is -3.13. The van der Waals surface area contributed by atoms with Crippen LogP contribution in [-0.4, -0.2) is 40.1 Å². The van der Waals surface area contributed by atoms with Gasteiger partial charge in [-0.3, -0.25) is 13.9 Å². The monoisotopic (exact) mass is 401 g/mol. The molecule has 0 saturated carbocycles. The highest BCUT2D eigenvalue weighted by Gasteiger charge is 2.18. The van der Waals surface area contributed by atoms with Gasteiger partial charge in [0.2, 0.25) is 10.0 Å². The van der Waals surface area contributed by atoms with E-state index in [2.05, 4.69) is 17.2 Å². The van der Waals surface area contributed by atoms with Gasteiger partial charge < -0.3 is 10.6 Å². The number of nitrogens with zero attached hydrogens (tertiary/aromatic N) is 1. The lowest BCUT2D eigenvalue weighted by Gasteiger charge is -2.20. The summed E-state index contributed by atoms with van der Waals surface area (Å²) in [5.41, 5.74) is 2.07. The molecule has 0 aliphatic heterocycles. The Balaban J connectivity index is 2.32. The van der Waals surface area contributed by atoms with Crippen LogP contribution < -0.4 is 14.9 Å². The Morgan fingerprint density at radius 2 is 1.82 bits per heavy atom. The molecule has 2 aromatic carbocycles. The van der Waals surface area contributed by atoms with Gasteiger partial charge in [-0.2, -0.15) is 0 Å². The highest BCUT2D eigenvalue weighted by molar-refractivity contribution is 7.92. The van der Waals surface area contributed by atoms with Crippen LogP contribution in [0, 0.1) is 6.92 Å². The molecule has 0 unspecified atom stereocenters. The summed E-state index contributed by atoms with van der Waals surface area (Å²) in [5.74, 6) is -0.788. The molecule has 2 rings (SSSR count). The van der Waals surface area contributed by atoms with Crippen LogP contribution in [-0.2, 0) is 10.0 Å². The fourth-order valence-corrected chi connectivity index (χ4v) is 3.07. The van der Waals surface area contributed by atoms with Gasteiger partial charge in [0.15, 0.2) is 0 Å². The van der Waals surface area contributed by atoms with E-state index in [1.165, 1.54) is 13.1 Å². The number of amides is 2. The lowest BCUT2D eigenvalue weighted by Crippen LogP contribution is -2.26. The van der Waals surface area contributed by atoms with Gasteiger partial charge in [0.25, 0.3) is 11.8 Å². The van der Waals surface area contributed by atoms with Crippen molar-refractivity contribution in [3.63, 3.8) is 0 Å². The van der Waals surface area contributed by atoms with Crippen LogP contribution in [0.1, 0.15) is 26.3 Å². The number of benzene rings is 2. The number of carbonyl (C=O) groups excluding carboxylic acids is 2. The quantitative estimate of drug-likeness (QED) is 0.697. The summed E-state index contributed by atoms with van der Waals surface area (Å²) in [7, 11) is -2.04. The maximum absolute atomic E-state index is 12.7. The number of rotatable bonds is 7. The number of aryl methyl sites for hydroxylation is 1. The second-order valence-electron chi connectivity index (χ2n) is 6.23. The zero-order chi connectivity index (χ0) is 20.9. The van der Waals surface area contributed by atoms with E-state index in [-0.39, 0.29) is 11.5 Å². The van der Waals surface area contributed by atoms with E-state index in [0.717, 1.165) is 10.6 Å². The minimum Gasteiger partial charge on any atom is -0.349 e. The molecule has 0 spiro atoms. The van der Waals surface area contributed by atoms with Crippen molar-refractivity contribution >= 4 is 33.2 Å². The van der Waals surface area contributed by atoms with Crippen LogP contribution in [0.4, 0.5) is 11.4 Å². The van der Waals surface area contributed by atoms with E-state index in [0.29, 0.717) is 29.0 Å². The SMILES string of the molecule is C=CCNC(=O)c1ccccc1NC(=O)c1ccc(C)c(N(C)S(C)(=O)=O)c1. The Labute approximate surface area is 165 Å². The molecule has 0 aliphatic carbocycles. The van der Waals surface area contributed by atoms with E-state index in [1.54, 1.807) is 49.4 Å². The molecule has 0 saturated heterocycles. The summed E-state index contributed by atoms with van der Waals surface area (Å²) in [4.78, 5) is 25.0. The molecule has 0 bridgehead atoms. The molecule has 2 N–H and O–H groups in total. The van der Waals surface area contributed by atoms with Gasteiger partial charge in [-0.25, -0.2) is 8.42 Å². The summed E-state index contributed by atoms with van der Waals surface area (Å²) in [5, 5.41) is 5.38. The minimum absolute atomic E-state index is 0.275. The Bertz CT molecular complexity index is 1020. The molecule has 0 radical (unpaired) electrons. The highest BCUT2D eigenvalue weighted by Crippen LogP contribution is 2.24. The smallest absolute Gasteiger partial charge is 0.255 e. The molecular formula is C20H23N3O4S. The number of para-hydroxylation sites is 1. The molecule has 0 aliphatic rings. The van der Waals surface area contributed by atoms with Crippen molar-refractivity contribution < 1.29 is 18.0 Å². The summed E-state index contributed by atoms with van der Waals surface area (Å²) >= 11 is 0. The van der Waals surface area contributed by atoms with Crippen molar-refractivity contribution in [2.24, 2.45) is 0 Å². The van der Waals surface area contributed by atoms with Crippen molar-refractivity contribution in [2.75, 3.05) is 29.5 Å². The average Bonchev–Trinajstić information content (AvgIpc) is 2.65. The molecule has 28 heavy (non-hydrogen) atoms. The van der Waals surface area contributed by atoms with Crippen LogP contribution >= 0.6 is 0 Å². The largest absolute Gasteiger partial charge is 0.349 e. The van der Waals surface area contributed by atoms with Gasteiger partial charge in [0.1, 0.15) is 0 Å². The second kappa shape index (κ2) is 8.71. The molecule has 0 fully saturated rings. The first-order chi connectivity index (χ1) is 13.1. The molecule has 0 atom stereocenters. The number of hydrogen-bond donors (Lipinski definition) is 2. The third-order valence-corrected chi connectivity index (χ3v) is 5.33. The number of nitrogens with one attached hydrogen (secondary N) is 2. The van der Waals surface area contributed by atoms with Gasteiger partial charge in [0.05, 0.1) is 23.2 Å². The van der Waals surface area contributed by atoms with Gasteiger partial charge in [-0.05, 0) is 36.8 Å². The van der Waals surface area contributed by atoms with E-state index >= 15 is 0 Å². The second-order valence-corrected chi connectivity index (χ2v) is 8.24. The van der Waals surface area contributed by atoms with Crippen molar-refractivity contribution in [3.8, 4) is 0 Å². The molecule has 0 aromatic heterocycles. The van der Waals surface area contributed by atoms with Crippen LogP contribution in [0.5, 0.6) is 0 Å². The third-order valence-electron chi connectivity index (χ3n) is 4.13. The summed E-state index contributed by atoms with van der Waals surface area (Å²) < 4.78 is 24.8. The minimum atomic E-state index is -3.47. The Morgan fingerprint density at radius 1 is 1.14 bits per heavy atom. The third kappa shape index (κ3) is 4.98. The van der Waals surface area contributed by atoms with Gasteiger partial charge in [-0.1, -0.05) is 24.3 Å². The van der Waals surface area contributed by atoms with E-state index in [4.69, 9.17) is 0 Å². The molecular weight excluding hydrogens is 378 g/mol. The standard InChI is InChI=1S/C20H23N3O4S/c1-5-12-21-20(25)16-8-6-7-9-17(16)22-19(24)15-11-10-14(2)18(13-15)23(3)28(4,26)27/h5-11,13H,1,12H2,2-4H3,(H,21,25)(H,22,24). The molecule has 8 heteroatoms. The zero-order valence-corrected chi connectivity index (χ0v) is 16.8. The summed E-state index contributed by atoms with van der Waals surface area (Å²) in [6, 6.07) is 11.4. The molecule has 2 amide bonds. The molecule has 2 aromatic rings. The summed E-state index contributed by atoms with van der Waals surface area (Å²) in [6.07, 6.45) is 2.66. The number of carbonyl (C=O) groups is 2.